The molecule has 0 spiro atoms. The summed E-state index contributed by atoms with van der Waals surface area (Å²) >= 11 is 0. The summed E-state index contributed by atoms with van der Waals surface area (Å²) in [5.74, 6) is 0.685. The van der Waals surface area contributed by atoms with E-state index in [-0.39, 0.29) is 12.5 Å². The van der Waals surface area contributed by atoms with E-state index in [0.717, 1.165) is 10.9 Å². The van der Waals surface area contributed by atoms with Crippen LogP contribution in [0.1, 0.15) is 0 Å². The molecule has 0 bridgehead atoms. The highest BCUT2D eigenvalue weighted by Gasteiger charge is 2.15. The second-order valence-corrected chi connectivity index (χ2v) is 6.83. The Morgan fingerprint density at radius 2 is 1.71 bits per heavy atom. The average molecular weight is 415 g/mol. The first kappa shape index (κ1) is 20.2. The fraction of sp³-hybridized carbons (Fsp3) is 0.125. The minimum absolute atomic E-state index is 0.193. The molecule has 3 aromatic carbocycles. The second kappa shape index (κ2) is 8.71. The van der Waals surface area contributed by atoms with Gasteiger partial charge in [-0.15, -0.1) is 0 Å². The third-order valence-electron chi connectivity index (χ3n) is 4.92. The minimum Gasteiger partial charge on any atom is -0.497 e. The van der Waals surface area contributed by atoms with E-state index in [2.05, 4.69) is 10.3 Å². The Kier molecular flexibility index (Phi) is 5.66. The number of para-hydroxylation sites is 1. The minimum atomic E-state index is -0.495. The number of ether oxygens (including phenoxy) is 2. The maximum absolute atomic E-state index is 12.9. The molecule has 0 saturated heterocycles. The van der Waals surface area contributed by atoms with Crippen molar-refractivity contribution < 1.29 is 14.3 Å². The Bertz CT molecular complexity index is 1300. The Hall–Kier alpha value is -4.13. The normalized spacial score (nSPS) is 10.6. The number of amides is 1. The Morgan fingerprint density at radius 3 is 2.45 bits per heavy atom. The Labute approximate surface area is 178 Å². The molecule has 1 aromatic heterocycles. The van der Waals surface area contributed by atoms with E-state index < -0.39 is 5.69 Å². The molecule has 7 nitrogen and oxygen atoms in total. The van der Waals surface area contributed by atoms with Crippen LogP contribution in [0.5, 0.6) is 11.5 Å². The number of aromatic nitrogens is 2. The van der Waals surface area contributed by atoms with Crippen LogP contribution in [-0.2, 0) is 11.3 Å². The van der Waals surface area contributed by atoms with Gasteiger partial charge in [0, 0.05) is 17.0 Å². The van der Waals surface area contributed by atoms with Crippen LogP contribution in [0.25, 0.3) is 22.2 Å². The largest absolute Gasteiger partial charge is 0.497 e. The van der Waals surface area contributed by atoms with Gasteiger partial charge in [0.1, 0.15) is 18.0 Å². The van der Waals surface area contributed by atoms with Crippen LogP contribution in [0.15, 0.2) is 77.6 Å². The molecule has 156 valence electrons. The molecule has 0 saturated carbocycles. The van der Waals surface area contributed by atoms with Crippen molar-refractivity contribution in [3.63, 3.8) is 0 Å². The molecule has 4 aromatic rings. The van der Waals surface area contributed by atoms with E-state index in [1.807, 2.05) is 54.6 Å². The van der Waals surface area contributed by atoms with Gasteiger partial charge in [-0.3, -0.25) is 9.36 Å². The molecule has 0 unspecified atom stereocenters. The highest BCUT2D eigenvalue weighted by Crippen LogP contribution is 2.29. The summed E-state index contributed by atoms with van der Waals surface area (Å²) in [5, 5.41) is 3.58. The van der Waals surface area contributed by atoms with E-state index in [9.17, 15) is 9.59 Å². The van der Waals surface area contributed by atoms with Gasteiger partial charge in [0.15, 0.2) is 0 Å². The van der Waals surface area contributed by atoms with Crippen LogP contribution >= 0.6 is 0 Å². The van der Waals surface area contributed by atoms with Crippen molar-refractivity contribution in [2.45, 2.75) is 6.54 Å². The van der Waals surface area contributed by atoms with Crippen molar-refractivity contribution >= 4 is 22.5 Å². The summed E-state index contributed by atoms with van der Waals surface area (Å²) in [7, 11) is 3.06. The maximum Gasteiger partial charge on any atom is 0.349 e. The second-order valence-electron chi connectivity index (χ2n) is 6.83. The van der Waals surface area contributed by atoms with E-state index in [0.29, 0.717) is 28.4 Å². The zero-order valence-corrected chi connectivity index (χ0v) is 17.2. The maximum atomic E-state index is 12.9. The zero-order chi connectivity index (χ0) is 21.8. The lowest BCUT2D eigenvalue weighted by Gasteiger charge is -2.14. The molecular weight excluding hydrogens is 394 g/mol. The number of benzene rings is 3. The molecule has 4 rings (SSSR count). The predicted molar refractivity (Wildman–Crippen MR) is 120 cm³/mol. The van der Waals surface area contributed by atoms with Crippen LogP contribution in [-0.4, -0.2) is 29.7 Å². The molecule has 0 aliphatic rings. The number of fused-ring (bicyclic) bond motifs is 1. The summed E-state index contributed by atoms with van der Waals surface area (Å²) in [6, 6.07) is 22.0. The smallest absolute Gasteiger partial charge is 0.349 e. The highest BCUT2D eigenvalue weighted by molar-refractivity contribution is 5.95. The lowest BCUT2D eigenvalue weighted by atomic mass is 10.1. The van der Waals surface area contributed by atoms with E-state index >= 15 is 0 Å². The molecule has 0 atom stereocenters. The first-order chi connectivity index (χ1) is 15.1. The number of nitrogens with zero attached hydrogens (tertiary/aromatic N) is 2. The van der Waals surface area contributed by atoms with Gasteiger partial charge < -0.3 is 14.8 Å². The summed E-state index contributed by atoms with van der Waals surface area (Å²) in [6.07, 6.45) is 0. The van der Waals surface area contributed by atoms with Gasteiger partial charge in [-0.2, -0.15) is 4.98 Å². The van der Waals surface area contributed by atoms with Crippen molar-refractivity contribution in [1.82, 2.24) is 9.55 Å². The molecule has 1 heterocycles. The van der Waals surface area contributed by atoms with Crippen molar-refractivity contribution in [2.24, 2.45) is 0 Å². The third kappa shape index (κ3) is 4.11. The van der Waals surface area contributed by atoms with E-state index in [4.69, 9.17) is 9.47 Å². The average Bonchev–Trinajstić information content (AvgIpc) is 2.81. The lowest BCUT2D eigenvalue weighted by molar-refractivity contribution is -0.116. The topological polar surface area (TPSA) is 82.5 Å². The quantitative estimate of drug-likeness (QED) is 0.519. The fourth-order valence-electron chi connectivity index (χ4n) is 3.44. The number of anilines is 1. The van der Waals surface area contributed by atoms with Crippen molar-refractivity contribution in [1.29, 1.82) is 0 Å². The third-order valence-corrected chi connectivity index (χ3v) is 4.92. The number of carbonyl (C=O) groups is 1. The van der Waals surface area contributed by atoms with Crippen LogP contribution in [0.2, 0.25) is 0 Å². The number of nitrogens with one attached hydrogen (secondary N) is 1. The van der Waals surface area contributed by atoms with Crippen molar-refractivity contribution in [2.75, 3.05) is 19.5 Å². The number of hydrogen-bond acceptors (Lipinski definition) is 5. The molecule has 1 N–H and O–H groups in total. The van der Waals surface area contributed by atoms with Crippen LogP contribution in [0, 0.1) is 0 Å². The summed E-state index contributed by atoms with van der Waals surface area (Å²) < 4.78 is 11.9. The van der Waals surface area contributed by atoms with Crippen molar-refractivity contribution in [3.05, 3.63) is 83.3 Å². The zero-order valence-electron chi connectivity index (χ0n) is 17.2. The van der Waals surface area contributed by atoms with Gasteiger partial charge >= 0.3 is 5.69 Å². The van der Waals surface area contributed by atoms with Gasteiger partial charge in [0.05, 0.1) is 31.1 Å². The Morgan fingerprint density at radius 1 is 0.968 bits per heavy atom. The standard InChI is InChI=1S/C24H21N3O4/c1-30-17-12-13-21(31-2)19(14-17)25-22(28)15-27-20-11-7-6-10-18(20)23(26-24(27)29)16-8-4-3-5-9-16/h3-14H,15H2,1-2H3,(H,25,28). The molecule has 7 heteroatoms. The van der Waals surface area contributed by atoms with Gasteiger partial charge in [-0.1, -0.05) is 48.5 Å². The molecule has 0 radical (unpaired) electrons. The Balaban J connectivity index is 1.71. The van der Waals surface area contributed by atoms with Crippen LogP contribution in [0.3, 0.4) is 0 Å². The molecule has 0 aliphatic heterocycles. The van der Waals surface area contributed by atoms with Gasteiger partial charge in [0.2, 0.25) is 5.91 Å². The van der Waals surface area contributed by atoms with Gasteiger partial charge in [0.25, 0.3) is 0 Å². The molecular formula is C24H21N3O4. The summed E-state index contributed by atoms with van der Waals surface area (Å²) in [5.41, 5.74) is 2.03. The van der Waals surface area contributed by atoms with Crippen LogP contribution in [0.4, 0.5) is 5.69 Å². The predicted octanol–water partition coefficient (Wildman–Crippen LogP) is 3.72. The SMILES string of the molecule is COc1ccc(OC)c(NC(=O)Cn2c(=O)nc(-c3ccccc3)c3ccccc32)c1. The van der Waals surface area contributed by atoms with Crippen molar-refractivity contribution in [3.8, 4) is 22.8 Å². The number of rotatable bonds is 6. The summed E-state index contributed by atoms with van der Waals surface area (Å²) in [4.78, 5) is 29.9. The van der Waals surface area contributed by atoms with E-state index in [1.54, 1.807) is 25.3 Å². The van der Waals surface area contributed by atoms with Gasteiger partial charge in [-0.25, -0.2) is 4.79 Å². The van der Waals surface area contributed by atoms with Gasteiger partial charge in [-0.05, 0) is 18.2 Å². The molecule has 1 amide bonds. The fourth-order valence-corrected chi connectivity index (χ4v) is 3.44. The summed E-state index contributed by atoms with van der Waals surface area (Å²) in [6.45, 7) is -0.193. The monoisotopic (exact) mass is 415 g/mol. The first-order valence-corrected chi connectivity index (χ1v) is 9.67. The van der Waals surface area contributed by atoms with E-state index in [1.165, 1.54) is 11.7 Å². The molecule has 0 aliphatic carbocycles. The number of hydrogen-bond donors (Lipinski definition) is 1. The van der Waals surface area contributed by atoms with Crippen LogP contribution < -0.4 is 20.5 Å². The first-order valence-electron chi connectivity index (χ1n) is 9.67. The highest BCUT2D eigenvalue weighted by atomic mass is 16.5. The number of carbonyl (C=O) groups excluding carboxylic acids is 1. The number of methoxy groups -OCH3 is 2. The lowest BCUT2D eigenvalue weighted by Crippen LogP contribution is -2.30. The molecule has 0 fully saturated rings. The molecule has 31 heavy (non-hydrogen) atoms.